The largest absolute Gasteiger partial charge is 0.376 e. The highest BCUT2D eigenvalue weighted by Crippen LogP contribution is 2.24. The maximum absolute atomic E-state index is 10.1. The molecule has 3 nitrogen and oxygen atoms in total. The van der Waals surface area contributed by atoms with Crippen LogP contribution in [0.15, 0.2) is 30.3 Å². The molecule has 0 heterocycles. The molecule has 1 aliphatic rings. The van der Waals surface area contributed by atoms with Gasteiger partial charge in [0.2, 0.25) is 6.41 Å². The van der Waals surface area contributed by atoms with E-state index in [1.807, 2.05) is 6.07 Å². The fourth-order valence-corrected chi connectivity index (χ4v) is 1.77. The highest BCUT2D eigenvalue weighted by Gasteiger charge is 2.37. The molecule has 0 aromatic heterocycles. The summed E-state index contributed by atoms with van der Waals surface area (Å²) in [6.07, 6.45) is 4.05. The summed E-state index contributed by atoms with van der Waals surface area (Å²) < 4.78 is 5.62. The number of carbonyl (C=O) groups excluding carboxylic acids is 1. The zero-order valence-electron chi connectivity index (χ0n) is 9.26. The number of hydrogen-bond donors (Lipinski definition) is 1. The fourth-order valence-electron chi connectivity index (χ4n) is 1.77. The minimum atomic E-state index is 0.251. The van der Waals surface area contributed by atoms with Gasteiger partial charge >= 0.3 is 0 Å². The highest BCUT2D eigenvalue weighted by molar-refractivity contribution is 5.47. The molecule has 1 aromatic rings. The second-order valence-corrected chi connectivity index (χ2v) is 4.13. The van der Waals surface area contributed by atoms with Crippen molar-refractivity contribution < 1.29 is 9.53 Å². The summed E-state index contributed by atoms with van der Waals surface area (Å²) in [6.45, 7) is 0.774. The summed E-state index contributed by atoms with van der Waals surface area (Å²) in [5, 5.41) is 2.72. The van der Waals surface area contributed by atoms with Crippen molar-refractivity contribution in [1.29, 1.82) is 0 Å². The minimum Gasteiger partial charge on any atom is -0.376 e. The molecular weight excluding hydrogens is 202 g/mol. The maximum Gasteiger partial charge on any atom is 0.207 e. The summed E-state index contributed by atoms with van der Waals surface area (Å²) in [4.78, 5) is 10.1. The molecule has 1 fully saturated rings. The number of carbonyl (C=O) groups is 1. The van der Waals surface area contributed by atoms with Crippen LogP contribution >= 0.6 is 0 Å². The highest BCUT2D eigenvalue weighted by atomic mass is 16.5. The third-order valence-electron chi connectivity index (χ3n) is 2.80. The monoisotopic (exact) mass is 219 g/mol. The molecule has 86 valence electrons. The maximum atomic E-state index is 10.1. The number of aryl methyl sites for hydroxylation is 1. The predicted octanol–water partition coefficient (Wildman–Crippen LogP) is 1.52. The van der Waals surface area contributed by atoms with Crippen molar-refractivity contribution >= 4 is 6.41 Å². The molecule has 2 atom stereocenters. The van der Waals surface area contributed by atoms with Gasteiger partial charge in [-0.2, -0.15) is 0 Å². The summed E-state index contributed by atoms with van der Waals surface area (Å²) in [7, 11) is 0. The number of benzene rings is 1. The van der Waals surface area contributed by atoms with Gasteiger partial charge in [0.1, 0.15) is 0 Å². The molecule has 0 radical (unpaired) electrons. The smallest absolute Gasteiger partial charge is 0.207 e. The van der Waals surface area contributed by atoms with E-state index in [2.05, 4.69) is 29.6 Å². The SMILES string of the molecule is O=CNC1CC1OCCCc1ccccc1. The minimum absolute atomic E-state index is 0.251. The summed E-state index contributed by atoms with van der Waals surface area (Å²) in [5.74, 6) is 0. The topological polar surface area (TPSA) is 38.3 Å². The van der Waals surface area contributed by atoms with E-state index in [1.54, 1.807) is 0 Å². The van der Waals surface area contributed by atoms with Crippen LogP contribution in [0, 0.1) is 0 Å². The molecule has 0 saturated heterocycles. The Bertz CT molecular complexity index is 326. The number of hydrogen-bond acceptors (Lipinski definition) is 2. The van der Waals surface area contributed by atoms with Gasteiger partial charge in [-0.1, -0.05) is 30.3 Å². The Morgan fingerprint density at radius 1 is 1.38 bits per heavy atom. The Kier molecular flexibility index (Phi) is 3.94. The Hall–Kier alpha value is -1.35. The number of ether oxygens (including phenoxy) is 1. The summed E-state index contributed by atoms with van der Waals surface area (Å²) >= 11 is 0. The molecule has 1 aliphatic carbocycles. The van der Waals surface area contributed by atoms with Crippen LogP contribution in [0.3, 0.4) is 0 Å². The van der Waals surface area contributed by atoms with Crippen molar-refractivity contribution in [3.05, 3.63) is 35.9 Å². The van der Waals surface area contributed by atoms with Gasteiger partial charge in [-0.25, -0.2) is 0 Å². The summed E-state index contributed by atoms with van der Waals surface area (Å²) in [6, 6.07) is 10.7. The van der Waals surface area contributed by atoms with E-state index in [0.29, 0.717) is 0 Å². The lowest BCUT2D eigenvalue weighted by Crippen LogP contribution is -2.18. The van der Waals surface area contributed by atoms with Crippen molar-refractivity contribution in [2.24, 2.45) is 0 Å². The lowest BCUT2D eigenvalue weighted by atomic mass is 10.1. The van der Waals surface area contributed by atoms with E-state index in [4.69, 9.17) is 4.74 Å². The third kappa shape index (κ3) is 3.35. The average Bonchev–Trinajstić information content (AvgIpc) is 3.05. The van der Waals surface area contributed by atoms with E-state index >= 15 is 0 Å². The molecule has 2 rings (SSSR count). The lowest BCUT2D eigenvalue weighted by Gasteiger charge is -2.03. The summed E-state index contributed by atoms with van der Waals surface area (Å²) in [5.41, 5.74) is 1.35. The van der Waals surface area contributed by atoms with Crippen LogP contribution in [0.2, 0.25) is 0 Å². The Balaban J connectivity index is 1.55. The zero-order chi connectivity index (χ0) is 11.2. The molecule has 1 N–H and O–H groups in total. The standard InChI is InChI=1S/C13H17NO2/c15-10-14-12-9-13(12)16-8-4-7-11-5-2-1-3-6-11/h1-3,5-6,10,12-13H,4,7-9H2,(H,14,15). The molecular formula is C13H17NO2. The molecule has 2 unspecified atom stereocenters. The number of amides is 1. The van der Waals surface area contributed by atoms with Crippen LogP contribution in [-0.2, 0) is 16.0 Å². The van der Waals surface area contributed by atoms with Crippen LogP contribution in [0.5, 0.6) is 0 Å². The second-order valence-electron chi connectivity index (χ2n) is 4.13. The molecule has 1 saturated carbocycles. The van der Waals surface area contributed by atoms with Crippen LogP contribution in [0.25, 0.3) is 0 Å². The molecule has 3 heteroatoms. The fraction of sp³-hybridized carbons (Fsp3) is 0.462. The quantitative estimate of drug-likeness (QED) is 0.558. The first-order chi connectivity index (χ1) is 7.90. The molecule has 1 amide bonds. The molecule has 1 aromatic carbocycles. The van der Waals surface area contributed by atoms with Gasteiger partial charge in [-0.15, -0.1) is 0 Å². The van der Waals surface area contributed by atoms with E-state index in [0.717, 1.165) is 32.3 Å². The van der Waals surface area contributed by atoms with Crippen molar-refractivity contribution in [2.75, 3.05) is 6.61 Å². The second kappa shape index (κ2) is 5.66. The van der Waals surface area contributed by atoms with Gasteiger partial charge in [0, 0.05) is 6.61 Å². The van der Waals surface area contributed by atoms with Crippen molar-refractivity contribution in [2.45, 2.75) is 31.4 Å². The van der Waals surface area contributed by atoms with Gasteiger partial charge in [0.05, 0.1) is 12.1 Å². The van der Waals surface area contributed by atoms with Gasteiger partial charge in [0.15, 0.2) is 0 Å². The van der Waals surface area contributed by atoms with Gasteiger partial charge < -0.3 is 10.1 Å². The Morgan fingerprint density at radius 3 is 2.94 bits per heavy atom. The Labute approximate surface area is 95.8 Å². The van der Waals surface area contributed by atoms with Gasteiger partial charge in [-0.05, 0) is 24.8 Å². The van der Waals surface area contributed by atoms with E-state index in [1.165, 1.54) is 5.56 Å². The van der Waals surface area contributed by atoms with E-state index in [9.17, 15) is 4.79 Å². The molecule has 0 spiro atoms. The van der Waals surface area contributed by atoms with Crippen LogP contribution in [0.1, 0.15) is 18.4 Å². The van der Waals surface area contributed by atoms with Crippen molar-refractivity contribution in [3.8, 4) is 0 Å². The third-order valence-corrected chi connectivity index (χ3v) is 2.80. The van der Waals surface area contributed by atoms with Crippen LogP contribution < -0.4 is 5.32 Å². The lowest BCUT2D eigenvalue weighted by molar-refractivity contribution is -0.109. The van der Waals surface area contributed by atoms with Crippen LogP contribution in [0.4, 0.5) is 0 Å². The normalized spacial score (nSPS) is 22.8. The van der Waals surface area contributed by atoms with Crippen molar-refractivity contribution in [1.82, 2.24) is 5.32 Å². The van der Waals surface area contributed by atoms with E-state index < -0.39 is 0 Å². The zero-order valence-corrected chi connectivity index (χ0v) is 9.26. The number of nitrogens with one attached hydrogen (secondary N) is 1. The average molecular weight is 219 g/mol. The van der Waals surface area contributed by atoms with Crippen molar-refractivity contribution in [3.63, 3.8) is 0 Å². The first kappa shape index (κ1) is 11.1. The molecule has 16 heavy (non-hydrogen) atoms. The first-order valence-corrected chi connectivity index (χ1v) is 5.75. The number of rotatable bonds is 7. The van der Waals surface area contributed by atoms with Gasteiger partial charge in [0.25, 0.3) is 0 Å². The van der Waals surface area contributed by atoms with Crippen LogP contribution in [-0.4, -0.2) is 25.2 Å². The Morgan fingerprint density at radius 2 is 2.19 bits per heavy atom. The molecule has 0 bridgehead atoms. The molecule has 0 aliphatic heterocycles. The first-order valence-electron chi connectivity index (χ1n) is 5.75. The van der Waals surface area contributed by atoms with Gasteiger partial charge in [-0.3, -0.25) is 4.79 Å². The van der Waals surface area contributed by atoms with E-state index in [-0.39, 0.29) is 12.1 Å². The predicted molar refractivity (Wildman–Crippen MR) is 62.1 cm³/mol.